The molecule has 0 heterocycles. The van der Waals surface area contributed by atoms with Crippen LogP contribution in [0.15, 0.2) is 24.3 Å². The highest BCUT2D eigenvalue weighted by atomic mass is 16.4. The van der Waals surface area contributed by atoms with E-state index in [1.807, 2.05) is 0 Å². The summed E-state index contributed by atoms with van der Waals surface area (Å²) in [7, 11) is 0. The summed E-state index contributed by atoms with van der Waals surface area (Å²) < 4.78 is 0. The topological polar surface area (TPSA) is 74.6 Å². The van der Waals surface area contributed by atoms with Crippen molar-refractivity contribution in [3.8, 4) is 0 Å². The van der Waals surface area contributed by atoms with E-state index >= 15 is 0 Å². The Morgan fingerprint density at radius 2 is 2.00 bits per heavy atom. The first-order valence-corrected chi connectivity index (χ1v) is 4.87. The second kappa shape index (κ2) is 3.81. The van der Waals surface area contributed by atoms with Crippen LogP contribution in [-0.2, 0) is 4.79 Å². The number of aromatic carboxylic acids is 1. The van der Waals surface area contributed by atoms with E-state index in [0.717, 1.165) is 0 Å². The predicted molar refractivity (Wildman–Crippen MR) is 57.4 cm³/mol. The third-order valence-corrected chi connectivity index (χ3v) is 2.69. The summed E-state index contributed by atoms with van der Waals surface area (Å²) in [6.07, 6.45) is 3.86. The van der Waals surface area contributed by atoms with Gasteiger partial charge in [0.15, 0.2) is 0 Å². The summed E-state index contributed by atoms with van der Waals surface area (Å²) in [5.41, 5.74) is 1.16. The zero-order valence-electron chi connectivity index (χ0n) is 8.38. The largest absolute Gasteiger partial charge is 0.481 e. The zero-order chi connectivity index (χ0) is 11.7. The Morgan fingerprint density at radius 1 is 1.25 bits per heavy atom. The lowest BCUT2D eigenvalue weighted by molar-refractivity contribution is -0.138. The highest BCUT2D eigenvalue weighted by molar-refractivity contribution is 5.94. The van der Waals surface area contributed by atoms with Crippen molar-refractivity contribution in [1.82, 2.24) is 0 Å². The Hall–Kier alpha value is -2.10. The smallest absolute Gasteiger partial charge is 0.336 e. The minimum atomic E-state index is -1.08. The first-order valence-electron chi connectivity index (χ1n) is 4.87. The molecule has 1 unspecified atom stereocenters. The summed E-state index contributed by atoms with van der Waals surface area (Å²) in [6.45, 7) is 0. The first kappa shape index (κ1) is 10.4. The van der Waals surface area contributed by atoms with Crippen LogP contribution in [0.4, 0.5) is 0 Å². The summed E-state index contributed by atoms with van der Waals surface area (Å²) in [4.78, 5) is 22.1. The van der Waals surface area contributed by atoms with Crippen LogP contribution in [0.3, 0.4) is 0 Å². The molecule has 0 aliphatic heterocycles. The number of carboxylic acids is 2. The zero-order valence-corrected chi connectivity index (χ0v) is 8.38. The molecule has 4 heteroatoms. The molecule has 0 spiro atoms. The Kier molecular flexibility index (Phi) is 2.48. The molecule has 0 saturated heterocycles. The van der Waals surface area contributed by atoms with Gasteiger partial charge in [0.2, 0.25) is 0 Å². The normalized spacial score (nSPS) is 17.9. The van der Waals surface area contributed by atoms with Gasteiger partial charge in [-0.25, -0.2) is 4.79 Å². The van der Waals surface area contributed by atoms with Gasteiger partial charge in [0.05, 0.1) is 11.5 Å². The number of hydrogen-bond acceptors (Lipinski definition) is 2. The van der Waals surface area contributed by atoms with Gasteiger partial charge in [-0.2, -0.15) is 0 Å². The van der Waals surface area contributed by atoms with Crippen molar-refractivity contribution in [2.75, 3.05) is 0 Å². The van der Waals surface area contributed by atoms with Gasteiger partial charge in [0, 0.05) is 0 Å². The third-order valence-electron chi connectivity index (χ3n) is 2.69. The van der Waals surface area contributed by atoms with E-state index in [1.54, 1.807) is 24.3 Å². The molecule has 1 aromatic carbocycles. The predicted octanol–water partition coefficient (Wildman–Crippen LogP) is 1.97. The van der Waals surface area contributed by atoms with Crippen molar-refractivity contribution in [3.05, 3.63) is 41.0 Å². The number of carboxylic acid groups (broad SMARTS) is 2. The second-order valence-electron chi connectivity index (χ2n) is 3.64. The fourth-order valence-electron chi connectivity index (χ4n) is 1.98. The highest BCUT2D eigenvalue weighted by Crippen LogP contribution is 2.32. The minimum absolute atomic E-state index is 0.0780. The van der Waals surface area contributed by atoms with E-state index in [4.69, 9.17) is 10.2 Å². The van der Waals surface area contributed by atoms with Crippen LogP contribution in [0.2, 0.25) is 0 Å². The van der Waals surface area contributed by atoms with E-state index in [9.17, 15) is 9.59 Å². The molecule has 16 heavy (non-hydrogen) atoms. The lowest BCUT2D eigenvalue weighted by Gasteiger charge is -2.19. The maximum Gasteiger partial charge on any atom is 0.336 e. The molecule has 2 rings (SSSR count). The quantitative estimate of drug-likeness (QED) is 0.795. The maximum atomic E-state index is 11.1. The molecule has 0 saturated carbocycles. The third kappa shape index (κ3) is 1.58. The van der Waals surface area contributed by atoms with Crippen LogP contribution in [0.5, 0.6) is 0 Å². The van der Waals surface area contributed by atoms with E-state index in [-0.39, 0.29) is 5.56 Å². The lowest BCUT2D eigenvalue weighted by Crippen LogP contribution is -2.18. The fraction of sp³-hybridized carbons (Fsp3) is 0.167. The second-order valence-corrected chi connectivity index (χ2v) is 3.64. The molecule has 4 nitrogen and oxygen atoms in total. The van der Waals surface area contributed by atoms with Gasteiger partial charge in [0.25, 0.3) is 0 Å². The van der Waals surface area contributed by atoms with Crippen molar-refractivity contribution in [2.45, 2.75) is 12.3 Å². The average Bonchev–Trinajstić information content (AvgIpc) is 2.27. The van der Waals surface area contributed by atoms with Crippen molar-refractivity contribution < 1.29 is 19.8 Å². The summed E-state index contributed by atoms with van der Waals surface area (Å²) in [6, 6.07) is 4.79. The molecule has 1 aliphatic rings. The molecule has 0 fully saturated rings. The van der Waals surface area contributed by atoms with Crippen molar-refractivity contribution in [1.29, 1.82) is 0 Å². The van der Waals surface area contributed by atoms with Gasteiger partial charge in [-0.15, -0.1) is 0 Å². The maximum absolute atomic E-state index is 11.1. The molecule has 0 radical (unpaired) electrons. The number of fused-ring (bicyclic) bond motifs is 1. The van der Waals surface area contributed by atoms with Crippen LogP contribution in [0.1, 0.15) is 33.8 Å². The number of hydrogen-bond donors (Lipinski definition) is 2. The molecule has 0 aromatic heterocycles. The van der Waals surface area contributed by atoms with Crippen LogP contribution in [0.25, 0.3) is 6.08 Å². The van der Waals surface area contributed by atoms with Crippen LogP contribution >= 0.6 is 0 Å². The highest BCUT2D eigenvalue weighted by Gasteiger charge is 2.28. The number of aliphatic carboxylic acids is 1. The molecule has 2 N–H and O–H groups in total. The molecular formula is C12H10O4. The summed E-state index contributed by atoms with van der Waals surface area (Å²) in [5, 5.41) is 18.1. The monoisotopic (exact) mass is 218 g/mol. The Labute approximate surface area is 91.8 Å². The Morgan fingerprint density at radius 3 is 2.62 bits per heavy atom. The van der Waals surface area contributed by atoms with Gasteiger partial charge in [-0.1, -0.05) is 24.3 Å². The van der Waals surface area contributed by atoms with Crippen LogP contribution < -0.4 is 0 Å². The van der Waals surface area contributed by atoms with E-state index in [0.29, 0.717) is 17.5 Å². The number of carbonyl (C=O) groups is 2. The molecule has 1 aliphatic carbocycles. The number of benzene rings is 1. The molecule has 1 atom stereocenters. The molecule has 0 bridgehead atoms. The Bertz CT molecular complexity index is 488. The first-order chi connectivity index (χ1) is 7.61. The van der Waals surface area contributed by atoms with Gasteiger partial charge in [-0.3, -0.25) is 4.79 Å². The minimum Gasteiger partial charge on any atom is -0.481 e. The lowest BCUT2D eigenvalue weighted by atomic mass is 9.84. The molecule has 1 aromatic rings. The number of allylic oxidation sites excluding steroid dienone is 1. The van der Waals surface area contributed by atoms with Crippen LogP contribution in [0, 0.1) is 0 Å². The standard InChI is InChI=1S/C12H10O4/c13-11(14)8-5-1-3-7-4-2-6-9(10(7)8)12(15)16/h1-5,9H,6H2,(H,13,14)(H,15,16). The van der Waals surface area contributed by atoms with Crippen molar-refractivity contribution in [2.24, 2.45) is 0 Å². The van der Waals surface area contributed by atoms with E-state index in [2.05, 4.69) is 0 Å². The van der Waals surface area contributed by atoms with E-state index in [1.165, 1.54) is 6.07 Å². The SMILES string of the molecule is O=C(O)c1cccc2c1C(C(=O)O)CC=C2. The molecule has 82 valence electrons. The average molecular weight is 218 g/mol. The van der Waals surface area contributed by atoms with Gasteiger partial charge in [-0.05, 0) is 23.6 Å². The fourth-order valence-corrected chi connectivity index (χ4v) is 1.98. The molecular weight excluding hydrogens is 208 g/mol. The summed E-state index contributed by atoms with van der Waals surface area (Å²) >= 11 is 0. The van der Waals surface area contributed by atoms with Crippen molar-refractivity contribution >= 4 is 18.0 Å². The molecule has 0 amide bonds. The van der Waals surface area contributed by atoms with E-state index < -0.39 is 17.9 Å². The van der Waals surface area contributed by atoms with Gasteiger partial charge >= 0.3 is 11.9 Å². The van der Waals surface area contributed by atoms with Gasteiger partial charge < -0.3 is 10.2 Å². The Balaban J connectivity index is 2.65. The van der Waals surface area contributed by atoms with Crippen molar-refractivity contribution in [3.63, 3.8) is 0 Å². The number of rotatable bonds is 2. The van der Waals surface area contributed by atoms with Crippen LogP contribution in [-0.4, -0.2) is 22.2 Å². The van der Waals surface area contributed by atoms with Gasteiger partial charge in [0.1, 0.15) is 0 Å². The summed E-state index contributed by atoms with van der Waals surface area (Å²) in [5.74, 6) is -2.83.